The zero-order valence-corrected chi connectivity index (χ0v) is 16.5. The van der Waals surface area contributed by atoms with E-state index in [-0.39, 0.29) is 42.6 Å². The molecule has 1 atom stereocenters. The van der Waals surface area contributed by atoms with Gasteiger partial charge in [-0.15, -0.1) is 0 Å². The number of aromatic nitrogens is 2. The molecule has 0 radical (unpaired) electrons. The number of sulfonamides is 1. The van der Waals surface area contributed by atoms with Crippen molar-refractivity contribution in [3.8, 4) is 0 Å². The van der Waals surface area contributed by atoms with Crippen LogP contribution in [0.1, 0.15) is 18.4 Å². The van der Waals surface area contributed by atoms with E-state index >= 15 is 0 Å². The van der Waals surface area contributed by atoms with Crippen molar-refractivity contribution >= 4 is 21.6 Å². The quantitative estimate of drug-likeness (QED) is 0.768. The van der Waals surface area contributed by atoms with Gasteiger partial charge >= 0.3 is 0 Å². The molecule has 11 heteroatoms. The summed E-state index contributed by atoms with van der Waals surface area (Å²) in [5.41, 5.74) is 0.122. The van der Waals surface area contributed by atoms with Crippen LogP contribution in [0.25, 0.3) is 0 Å². The van der Waals surface area contributed by atoms with Gasteiger partial charge in [-0.2, -0.15) is 4.31 Å². The van der Waals surface area contributed by atoms with Gasteiger partial charge in [0, 0.05) is 39.2 Å². The Bertz CT molecular complexity index is 1070. The van der Waals surface area contributed by atoms with Crippen LogP contribution in [0, 0.1) is 5.82 Å². The summed E-state index contributed by atoms with van der Waals surface area (Å²) in [5.74, 6) is -0.737. The second-order valence-electron chi connectivity index (χ2n) is 7.26. The standard InChI is InChI=1S/C18H20FN5O4S/c1-23-10-16(21-12-23)29(26,27)24-7-6-18(11-24)8-15(22-28-18)17(25)20-9-13-2-4-14(19)5-3-13/h2-5,10,12H,6-9,11H2,1H3,(H,20,25). The number of rotatable bonds is 5. The third kappa shape index (κ3) is 3.87. The number of nitrogens with zero attached hydrogens (tertiary/aromatic N) is 4. The van der Waals surface area contributed by atoms with Crippen LogP contribution in [0.3, 0.4) is 0 Å². The number of amides is 1. The largest absolute Gasteiger partial charge is 0.387 e. The van der Waals surface area contributed by atoms with Crippen LogP contribution in [-0.4, -0.2) is 52.6 Å². The molecule has 2 aliphatic rings. The molecule has 1 aromatic carbocycles. The minimum Gasteiger partial charge on any atom is -0.387 e. The molecule has 1 aromatic heterocycles. The van der Waals surface area contributed by atoms with Crippen molar-refractivity contribution in [2.24, 2.45) is 12.2 Å². The van der Waals surface area contributed by atoms with Crippen molar-refractivity contribution in [3.05, 3.63) is 48.2 Å². The average Bonchev–Trinajstić information content (AvgIpc) is 3.42. The van der Waals surface area contributed by atoms with Crippen molar-refractivity contribution in [2.45, 2.75) is 30.0 Å². The molecule has 1 amide bonds. The first kappa shape index (κ1) is 19.5. The number of benzene rings is 1. The topological polar surface area (TPSA) is 106 Å². The fourth-order valence-electron chi connectivity index (χ4n) is 3.42. The first-order chi connectivity index (χ1) is 13.8. The summed E-state index contributed by atoms with van der Waals surface area (Å²) < 4.78 is 41.3. The van der Waals surface area contributed by atoms with Crippen molar-refractivity contribution in [3.63, 3.8) is 0 Å². The number of halogens is 1. The van der Waals surface area contributed by atoms with E-state index in [1.54, 1.807) is 23.7 Å². The predicted molar refractivity (Wildman–Crippen MR) is 101 cm³/mol. The van der Waals surface area contributed by atoms with Crippen LogP contribution >= 0.6 is 0 Å². The van der Waals surface area contributed by atoms with Crippen molar-refractivity contribution in [1.82, 2.24) is 19.2 Å². The lowest BCUT2D eigenvalue weighted by molar-refractivity contribution is -0.115. The van der Waals surface area contributed by atoms with Gasteiger partial charge in [0.25, 0.3) is 15.9 Å². The van der Waals surface area contributed by atoms with E-state index < -0.39 is 21.5 Å². The van der Waals surface area contributed by atoms with Crippen LogP contribution in [0.5, 0.6) is 0 Å². The molecule has 29 heavy (non-hydrogen) atoms. The monoisotopic (exact) mass is 421 g/mol. The Labute approximate surface area is 167 Å². The van der Waals surface area contributed by atoms with Crippen molar-refractivity contribution in [1.29, 1.82) is 0 Å². The van der Waals surface area contributed by atoms with E-state index in [1.807, 2.05) is 0 Å². The van der Waals surface area contributed by atoms with Crippen LogP contribution in [0.2, 0.25) is 0 Å². The number of imidazole rings is 1. The Morgan fingerprint density at radius 1 is 1.34 bits per heavy atom. The second kappa shape index (κ2) is 7.23. The molecule has 2 aromatic rings. The Balaban J connectivity index is 1.36. The number of carbonyl (C=O) groups excluding carboxylic acids is 1. The van der Waals surface area contributed by atoms with Crippen LogP contribution in [0.4, 0.5) is 4.39 Å². The molecule has 1 spiro atoms. The van der Waals surface area contributed by atoms with Gasteiger partial charge in [-0.05, 0) is 17.7 Å². The molecule has 0 bridgehead atoms. The molecule has 2 aliphatic heterocycles. The summed E-state index contributed by atoms with van der Waals surface area (Å²) in [6, 6.07) is 5.81. The van der Waals surface area contributed by atoms with Gasteiger partial charge in [0.1, 0.15) is 11.5 Å². The van der Waals surface area contributed by atoms with Gasteiger partial charge < -0.3 is 14.7 Å². The zero-order chi connectivity index (χ0) is 20.6. The molecule has 3 heterocycles. The highest BCUT2D eigenvalue weighted by molar-refractivity contribution is 7.89. The van der Waals surface area contributed by atoms with Crippen molar-refractivity contribution < 1.29 is 22.4 Å². The van der Waals surface area contributed by atoms with E-state index in [2.05, 4.69) is 15.5 Å². The molecule has 0 aliphatic carbocycles. The van der Waals surface area contributed by atoms with Crippen LogP contribution in [0.15, 0.2) is 47.0 Å². The van der Waals surface area contributed by atoms with Gasteiger partial charge in [0.05, 0.1) is 12.9 Å². The molecule has 154 valence electrons. The highest BCUT2D eigenvalue weighted by Gasteiger charge is 2.50. The third-order valence-corrected chi connectivity index (χ3v) is 6.77. The SMILES string of the molecule is Cn1cnc(S(=O)(=O)N2CCC3(CC(C(=O)NCc4ccc(F)cc4)=NO3)C2)c1. The molecular weight excluding hydrogens is 401 g/mol. The lowest BCUT2D eigenvalue weighted by Gasteiger charge is -2.21. The summed E-state index contributed by atoms with van der Waals surface area (Å²) >= 11 is 0. The average molecular weight is 421 g/mol. The Morgan fingerprint density at radius 2 is 2.10 bits per heavy atom. The molecule has 0 saturated carbocycles. The molecule has 1 fully saturated rings. The fourth-order valence-corrected chi connectivity index (χ4v) is 4.90. The number of aryl methyl sites for hydroxylation is 1. The predicted octanol–water partition coefficient (Wildman–Crippen LogP) is 0.785. The maximum absolute atomic E-state index is 13.0. The normalized spacial score (nSPS) is 21.9. The number of hydrogen-bond acceptors (Lipinski definition) is 6. The fraction of sp³-hybridized carbons (Fsp3) is 0.389. The van der Waals surface area contributed by atoms with Gasteiger partial charge in [0.2, 0.25) is 0 Å². The summed E-state index contributed by atoms with van der Waals surface area (Å²) in [7, 11) is -2.03. The Hall–Kier alpha value is -2.79. The summed E-state index contributed by atoms with van der Waals surface area (Å²) in [6.45, 7) is 0.592. The van der Waals surface area contributed by atoms with E-state index in [0.29, 0.717) is 6.42 Å². The first-order valence-electron chi connectivity index (χ1n) is 9.03. The van der Waals surface area contributed by atoms with Crippen molar-refractivity contribution in [2.75, 3.05) is 13.1 Å². The van der Waals surface area contributed by atoms with E-state index in [4.69, 9.17) is 4.84 Å². The second-order valence-corrected chi connectivity index (χ2v) is 9.15. The number of carbonyl (C=O) groups is 1. The molecule has 9 nitrogen and oxygen atoms in total. The lowest BCUT2D eigenvalue weighted by Crippen LogP contribution is -2.38. The van der Waals surface area contributed by atoms with E-state index in [1.165, 1.54) is 29.0 Å². The maximum atomic E-state index is 13.0. The summed E-state index contributed by atoms with van der Waals surface area (Å²) in [6.07, 6.45) is 3.52. The number of nitrogens with one attached hydrogen (secondary N) is 1. The third-order valence-electron chi connectivity index (χ3n) is 5.03. The highest BCUT2D eigenvalue weighted by atomic mass is 32.2. The number of hydrogen-bond donors (Lipinski definition) is 1. The first-order valence-corrected chi connectivity index (χ1v) is 10.5. The molecule has 1 N–H and O–H groups in total. The van der Waals surface area contributed by atoms with Gasteiger partial charge in [-0.1, -0.05) is 17.3 Å². The van der Waals surface area contributed by atoms with E-state index in [0.717, 1.165) is 5.56 Å². The number of oxime groups is 1. The summed E-state index contributed by atoms with van der Waals surface area (Å²) in [5, 5.41) is 6.59. The smallest absolute Gasteiger partial charge is 0.269 e. The van der Waals surface area contributed by atoms with Crippen LogP contribution in [-0.2, 0) is 33.2 Å². The lowest BCUT2D eigenvalue weighted by atomic mass is 9.96. The minimum absolute atomic E-state index is 0.0202. The van der Waals surface area contributed by atoms with Gasteiger partial charge in [0.15, 0.2) is 10.6 Å². The maximum Gasteiger partial charge on any atom is 0.269 e. The highest BCUT2D eigenvalue weighted by Crippen LogP contribution is 2.36. The molecule has 1 unspecified atom stereocenters. The van der Waals surface area contributed by atoms with Gasteiger partial charge in [-0.3, -0.25) is 4.79 Å². The molecular formula is C18H20FN5O4S. The Kier molecular flexibility index (Phi) is 4.87. The summed E-state index contributed by atoms with van der Waals surface area (Å²) in [4.78, 5) is 21.8. The Morgan fingerprint density at radius 3 is 2.79 bits per heavy atom. The zero-order valence-electron chi connectivity index (χ0n) is 15.7. The minimum atomic E-state index is -3.73. The van der Waals surface area contributed by atoms with Gasteiger partial charge in [-0.25, -0.2) is 17.8 Å². The molecule has 4 rings (SSSR count). The molecule has 1 saturated heterocycles. The van der Waals surface area contributed by atoms with E-state index in [9.17, 15) is 17.6 Å². The van der Waals surface area contributed by atoms with Crippen LogP contribution < -0.4 is 5.32 Å².